The molecule has 1 heterocycles. The van der Waals surface area contributed by atoms with E-state index in [1.807, 2.05) is 0 Å². The third kappa shape index (κ3) is 1.62. The Morgan fingerprint density at radius 2 is 2.26 bits per heavy atom. The van der Waals surface area contributed by atoms with Crippen molar-refractivity contribution in [2.75, 3.05) is 12.1 Å². The number of amides is 1. The summed E-state index contributed by atoms with van der Waals surface area (Å²) in [6.45, 7) is 1.41. The van der Waals surface area contributed by atoms with Crippen LogP contribution in [0.25, 0.3) is 0 Å². The van der Waals surface area contributed by atoms with Gasteiger partial charge in [0.05, 0.1) is 11.3 Å². The summed E-state index contributed by atoms with van der Waals surface area (Å²) in [5.41, 5.74) is 1.24. The Morgan fingerprint density at radius 3 is 2.95 bits per heavy atom. The quantitative estimate of drug-likeness (QED) is 0.580. The number of fused-ring (bicyclic) bond motifs is 3. The Morgan fingerprint density at radius 1 is 1.47 bits per heavy atom. The highest BCUT2D eigenvalue weighted by Gasteiger charge is 2.36. The summed E-state index contributed by atoms with van der Waals surface area (Å²) in [4.78, 5) is 23.3. The maximum Gasteiger partial charge on any atom is 0.231 e. The average molecular weight is 262 g/mol. The van der Waals surface area contributed by atoms with Gasteiger partial charge < -0.3 is 20.0 Å². The number of oxime groups is 1. The second kappa shape index (κ2) is 3.98. The molecule has 0 aromatic heterocycles. The Hall–Kier alpha value is -2.57. The summed E-state index contributed by atoms with van der Waals surface area (Å²) in [7, 11) is 0. The monoisotopic (exact) mass is 262 g/mol. The summed E-state index contributed by atoms with van der Waals surface area (Å²) < 4.78 is 10.6. The van der Waals surface area contributed by atoms with Gasteiger partial charge in [0.15, 0.2) is 11.5 Å². The number of hydrogen-bond donors (Lipinski definition) is 2. The van der Waals surface area contributed by atoms with Gasteiger partial charge in [0.2, 0.25) is 18.5 Å². The molecule has 0 saturated heterocycles. The number of nitrogens with zero attached hydrogens (tertiary/aromatic N) is 1. The molecule has 1 amide bonds. The van der Waals surface area contributed by atoms with Crippen molar-refractivity contribution in [2.24, 2.45) is 5.16 Å². The molecule has 0 atom stereocenters. The molecule has 0 bridgehead atoms. The van der Waals surface area contributed by atoms with Gasteiger partial charge in [-0.15, -0.1) is 0 Å². The summed E-state index contributed by atoms with van der Waals surface area (Å²) in [6.07, 6.45) is 0.157. The molecule has 3 rings (SSSR count). The summed E-state index contributed by atoms with van der Waals surface area (Å²) >= 11 is 0. The maximum atomic E-state index is 12.1. The van der Waals surface area contributed by atoms with E-state index in [-0.39, 0.29) is 24.8 Å². The van der Waals surface area contributed by atoms with Crippen LogP contribution in [0, 0.1) is 0 Å². The average Bonchev–Trinajstić information content (AvgIpc) is 2.92. The van der Waals surface area contributed by atoms with Gasteiger partial charge in [0, 0.05) is 25.0 Å². The van der Waals surface area contributed by atoms with E-state index in [0.717, 1.165) is 0 Å². The number of benzene rings is 1. The van der Waals surface area contributed by atoms with Crippen LogP contribution in [0.5, 0.6) is 11.5 Å². The van der Waals surface area contributed by atoms with Crippen molar-refractivity contribution < 1.29 is 24.3 Å². The Kier molecular flexibility index (Phi) is 2.41. The summed E-state index contributed by atoms with van der Waals surface area (Å²) in [6, 6.07) is 1.54. The lowest BCUT2D eigenvalue weighted by molar-refractivity contribution is -0.114. The third-order valence-corrected chi connectivity index (χ3v) is 3.03. The van der Waals surface area contributed by atoms with Crippen molar-refractivity contribution in [3.63, 3.8) is 0 Å². The van der Waals surface area contributed by atoms with Gasteiger partial charge in [-0.1, -0.05) is 5.16 Å². The van der Waals surface area contributed by atoms with Crippen molar-refractivity contribution >= 4 is 23.1 Å². The smallest absolute Gasteiger partial charge is 0.231 e. The zero-order chi connectivity index (χ0) is 13.6. The highest BCUT2D eigenvalue weighted by molar-refractivity contribution is 6.50. The molecule has 7 nitrogen and oxygen atoms in total. The molecule has 1 aromatic carbocycles. The van der Waals surface area contributed by atoms with Crippen LogP contribution in [0.3, 0.4) is 0 Å². The Labute approximate surface area is 107 Å². The van der Waals surface area contributed by atoms with Gasteiger partial charge in [0.25, 0.3) is 0 Å². The molecule has 0 unspecified atom stereocenters. The van der Waals surface area contributed by atoms with Crippen LogP contribution < -0.4 is 14.8 Å². The zero-order valence-corrected chi connectivity index (χ0v) is 10.0. The van der Waals surface area contributed by atoms with E-state index in [1.54, 1.807) is 6.07 Å². The van der Waals surface area contributed by atoms with E-state index < -0.39 is 5.78 Å². The van der Waals surface area contributed by atoms with Crippen molar-refractivity contribution in [2.45, 2.75) is 13.3 Å². The topological polar surface area (TPSA) is 97.2 Å². The van der Waals surface area contributed by atoms with Crippen LogP contribution in [0.1, 0.15) is 22.8 Å². The second-order valence-electron chi connectivity index (χ2n) is 4.25. The molecule has 2 N–H and O–H groups in total. The molecular weight excluding hydrogens is 252 g/mol. The standard InChI is InChI=1S/C12H10N2O5/c1-5(15)13-7-3-9-12(19-4-18-9)6-2-8(14-17)11(16)10(6)7/h3,17H,2,4H2,1H3,(H,13,15). The summed E-state index contributed by atoms with van der Waals surface area (Å²) in [5, 5.41) is 14.4. The lowest BCUT2D eigenvalue weighted by Gasteiger charge is -2.09. The first-order valence-electron chi connectivity index (χ1n) is 5.60. The molecule has 1 aromatic rings. The van der Waals surface area contributed by atoms with Gasteiger partial charge in [0.1, 0.15) is 5.71 Å². The number of anilines is 1. The molecule has 2 aliphatic rings. The molecule has 1 aliphatic heterocycles. The minimum Gasteiger partial charge on any atom is -0.454 e. The van der Waals surface area contributed by atoms with Crippen molar-refractivity contribution in [3.05, 3.63) is 17.2 Å². The normalized spacial score (nSPS) is 17.7. The maximum absolute atomic E-state index is 12.1. The molecule has 98 valence electrons. The van der Waals surface area contributed by atoms with Crippen molar-refractivity contribution in [1.82, 2.24) is 0 Å². The fourth-order valence-electron chi connectivity index (χ4n) is 2.30. The van der Waals surface area contributed by atoms with E-state index >= 15 is 0 Å². The van der Waals surface area contributed by atoms with Gasteiger partial charge in [-0.3, -0.25) is 9.59 Å². The highest BCUT2D eigenvalue weighted by Crippen LogP contribution is 2.44. The largest absolute Gasteiger partial charge is 0.454 e. The number of rotatable bonds is 1. The van der Waals surface area contributed by atoms with E-state index in [1.165, 1.54) is 6.92 Å². The number of Topliss-reactive ketones (excluding diaryl/α,β-unsaturated/α-hetero) is 1. The van der Waals surface area contributed by atoms with E-state index in [9.17, 15) is 9.59 Å². The lowest BCUT2D eigenvalue weighted by Crippen LogP contribution is -2.12. The number of nitrogens with one attached hydrogen (secondary N) is 1. The first-order chi connectivity index (χ1) is 9.11. The minimum atomic E-state index is -0.417. The van der Waals surface area contributed by atoms with Gasteiger partial charge in [-0.2, -0.15) is 0 Å². The molecule has 7 heteroatoms. The number of carbonyl (C=O) groups is 2. The first kappa shape index (κ1) is 11.5. The number of ether oxygens (including phenoxy) is 2. The van der Waals surface area contributed by atoms with Gasteiger partial charge >= 0.3 is 0 Å². The van der Waals surface area contributed by atoms with Gasteiger partial charge in [-0.05, 0) is 0 Å². The zero-order valence-electron chi connectivity index (χ0n) is 10.0. The van der Waals surface area contributed by atoms with E-state index in [4.69, 9.17) is 14.7 Å². The Bertz CT molecular complexity index is 635. The molecule has 0 radical (unpaired) electrons. The molecular formula is C12H10N2O5. The molecule has 0 fully saturated rings. The first-order valence-corrected chi connectivity index (χ1v) is 5.60. The Balaban J connectivity index is 2.22. The van der Waals surface area contributed by atoms with E-state index in [0.29, 0.717) is 28.3 Å². The molecule has 1 aliphatic carbocycles. The van der Waals surface area contributed by atoms with Crippen LogP contribution in [0.4, 0.5) is 5.69 Å². The highest BCUT2D eigenvalue weighted by atomic mass is 16.7. The van der Waals surface area contributed by atoms with Crippen molar-refractivity contribution in [1.29, 1.82) is 0 Å². The fourth-order valence-corrected chi connectivity index (χ4v) is 2.30. The summed E-state index contributed by atoms with van der Waals surface area (Å²) in [5.74, 6) is 0.216. The molecule has 0 spiro atoms. The minimum absolute atomic E-state index is 0.0190. The van der Waals surface area contributed by atoms with Crippen LogP contribution in [0.15, 0.2) is 11.2 Å². The fraction of sp³-hybridized carbons (Fsp3) is 0.250. The van der Waals surface area contributed by atoms with Crippen LogP contribution in [0.2, 0.25) is 0 Å². The third-order valence-electron chi connectivity index (χ3n) is 3.03. The van der Waals surface area contributed by atoms with E-state index in [2.05, 4.69) is 10.5 Å². The van der Waals surface area contributed by atoms with Crippen LogP contribution in [-0.2, 0) is 11.2 Å². The predicted molar refractivity (Wildman–Crippen MR) is 64.1 cm³/mol. The number of carbonyl (C=O) groups excluding carboxylic acids is 2. The molecule has 0 saturated carbocycles. The van der Waals surface area contributed by atoms with Gasteiger partial charge in [-0.25, -0.2) is 0 Å². The number of hydrogen-bond acceptors (Lipinski definition) is 6. The molecule has 19 heavy (non-hydrogen) atoms. The van der Waals surface area contributed by atoms with Crippen molar-refractivity contribution in [3.8, 4) is 11.5 Å². The lowest BCUT2D eigenvalue weighted by atomic mass is 10.1. The number of ketones is 1. The van der Waals surface area contributed by atoms with Crippen LogP contribution >= 0.6 is 0 Å². The predicted octanol–water partition coefficient (Wildman–Crippen LogP) is 0.943. The SMILES string of the molecule is CC(=O)Nc1cc2c(c3c1C(=O)C(=NO)C3)OCO2. The van der Waals surface area contributed by atoms with Crippen LogP contribution in [-0.4, -0.2) is 29.4 Å². The second-order valence-corrected chi connectivity index (χ2v) is 4.25.